The first-order valence-corrected chi connectivity index (χ1v) is 7.38. The number of amidine groups is 1. The fraction of sp³-hybridized carbons (Fsp3) is 0.583. The molecule has 1 saturated heterocycles. The van der Waals surface area contributed by atoms with Crippen molar-refractivity contribution in [1.29, 1.82) is 0 Å². The van der Waals surface area contributed by atoms with Crippen LogP contribution in [0.25, 0.3) is 0 Å². The number of H-pyrrole nitrogens is 1. The Bertz CT molecular complexity index is 592. The molecule has 1 aromatic heterocycles. The molecule has 0 atom stereocenters. The summed E-state index contributed by atoms with van der Waals surface area (Å²) < 4.78 is 0.439. The van der Waals surface area contributed by atoms with Gasteiger partial charge in [-0.1, -0.05) is 5.16 Å². The number of hydrogen-bond acceptors (Lipinski definition) is 6. The molecule has 8 nitrogen and oxygen atoms in total. The molecule has 1 fully saturated rings. The van der Waals surface area contributed by atoms with Gasteiger partial charge >= 0.3 is 0 Å². The molecule has 0 bridgehead atoms. The zero-order valence-electron chi connectivity index (χ0n) is 12.0. The predicted octanol–water partition coefficient (Wildman–Crippen LogP) is 0.179. The van der Waals surface area contributed by atoms with Gasteiger partial charge < -0.3 is 20.8 Å². The summed E-state index contributed by atoms with van der Waals surface area (Å²) in [7, 11) is 0. The minimum absolute atomic E-state index is 0.186. The summed E-state index contributed by atoms with van der Waals surface area (Å²) in [6.07, 6.45) is 1.40. The van der Waals surface area contributed by atoms with Gasteiger partial charge in [-0.15, -0.1) is 0 Å². The van der Waals surface area contributed by atoms with E-state index in [1.54, 1.807) is 0 Å². The summed E-state index contributed by atoms with van der Waals surface area (Å²) in [5.41, 5.74) is 5.04. The Morgan fingerprint density at radius 2 is 2.10 bits per heavy atom. The minimum atomic E-state index is -0.514. The number of aromatic nitrogens is 2. The molecule has 9 heteroatoms. The molecule has 2 heterocycles. The van der Waals surface area contributed by atoms with Crippen LogP contribution in [0.3, 0.4) is 0 Å². The molecular weight excluding hydrogens is 340 g/mol. The Kier molecular flexibility index (Phi) is 4.52. The van der Waals surface area contributed by atoms with Crippen molar-refractivity contribution in [2.75, 3.05) is 31.1 Å². The quantitative estimate of drug-likeness (QED) is 0.307. The molecule has 4 N–H and O–H groups in total. The molecule has 0 spiro atoms. The van der Waals surface area contributed by atoms with Crippen LogP contribution in [0.15, 0.2) is 20.8 Å². The van der Waals surface area contributed by atoms with Crippen LogP contribution in [0.5, 0.6) is 0 Å². The van der Waals surface area contributed by atoms with Crippen molar-refractivity contribution in [3.05, 3.63) is 21.2 Å². The summed E-state index contributed by atoms with van der Waals surface area (Å²) in [6.45, 7) is 6.70. The Labute approximate surface area is 130 Å². The van der Waals surface area contributed by atoms with Crippen LogP contribution in [0, 0.1) is 0 Å². The molecule has 1 aromatic rings. The number of nitrogens with one attached hydrogen (secondary N) is 1. The van der Waals surface area contributed by atoms with Gasteiger partial charge in [-0.2, -0.15) is 0 Å². The largest absolute Gasteiger partial charge is 0.409 e. The van der Waals surface area contributed by atoms with Crippen LogP contribution in [0.2, 0.25) is 0 Å². The topological polar surface area (TPSA) is 111 Å². The van der Waals surface area contributed by atoms with E-state index in [0.717, 1.165) is 13.1 Å². The van der Waals surface area contributed by atoms with Crippen LogP contribution in [-0.2, 0) is 0 Å². The van der Waals surface area contributed by atoms with Crippen molar-refractivity contribution in [3.63, 3.8) is 0 Å². The summed E-state index contributed by atoms with van der Waals surface area (Å²) >= 11 is 3.27. The van der Waals surface area contributed by atoms with Gasteiger partial charge in [0.25, 0.3) is 5.56 Å². The molecular formula is C12H19BrN6O2. The van der Waals surface area contributed by atoms with Crippen molar-refractivity contribution in [3.8, 4) is 0 Å². The van der Waals surface area contributed by atoms with Crippen molar-refractivity contribution >= 4 is 27.6 Å². The molecule has 1 aliphatic heterocycles. The number of halogens is 1. The van der Waals surface area contributed by atoms with Crippen LogP contribution in [0.1, 0.15) is 13.8 Å². The van der Waals surface area contributed by atoms with E-state index in [1.807, 2.05) is 18.7 Å². The van der Waals surface area contributed by atoms with E-state index >= 15 is 0 Å². The SMILES string of the molecule is CC(C)(C(N)=NO)N1CCN(c2nc[nH]c(=O)c2Br)CC1. The minimum Gasteiger partial charge on any atom is -0.409 e. The number of nitrogens with zero attached hydrogens (tertiary/aromatic N) is 4. The van der Waals surface area contributed by atoms with Crippen LogP contribution < -0.4 is 16.2 Å². The van der Waals surface area contributed by atoms with E-state index in [-0.39, 0.29) is 11.4 Å². The number of hydrogen-bond donors (Lipinski definition) is 3. The molecule has 0 radical (unpaired) electrons. The zero-order valence-corrected chi connectivity index (χ0v) is 13.6. The summed E-state index contributed by atoms with van der Waals surface area (Å²) in [5.74, 6) is 0.825. The lowest BCUT2D eigenvalue weighted by Gasteiger charge is -2.43. The normalized spacial score (nSPS) is 18.0. The predicted molar refractivity (Wildman–Crippen MR) is 83.8 cm³/mol. The molecule has 1 aliphatic rings. The smallest absolute Gasteiger partial charge is 0.267 e. The maximum absolute atomic E-state index is 11.6. The lowest BCUT2D eigenvalue weighted by atomic mass is 10.0. The first-order chi connectivity index (χ1) is 9.87. The molecule has 21 heavy (non-hydrogen) atoms. The maximum atomic E-state index is 11.6. The van der Waals surface area contributed by atoms with Gasteiger partial charge in [0.05, 0.1) is 11.9 Å². The standard InChI is InChI=1S/C12H19BrN6O2/c1-12(2,11(14)17-21)19-5-3-18(4-6-19)9-8(13)10(20)16-7-15-9/h7,21H,3-6H2,1-2H3,(H2,14,17)(H,15,16,20). The molecule has 116 valence electrons. The number of rotatable bonds is 3. The highest BCUT2D eigenvalue weighted by Crippen LogP contribution is 2.23. The van der Waals surface area contributed by atoms with Gasteiger partial charge in [0.1, 0.15) is 10.3 Å². The third-order valence-corrected chi connectivity index (χ3v) is 4.60. The third-order valence-electron chi connectivity index (χ3n) is 3.88. The van der Waals surface area contributed by atoms with E-state index < -0.39 is 5.54 Å². The summed E-state index contributed by atoms with van der Waals surface area (Å²) in [6, 6.07) is 0. The second kappa shape index (κ2) is 6.02. The Morgan fingerprint density at radius 3 is 2.67 bits per heavy atom. The molecule has 2 rings (SSSR count). The second-order valence-electron chi connectivity index (χ2n) is 5.39. The van der Waals surface area contributed by atoms with Crippen molar-refractivity contribution in [2.45, 2.75) is 19.4 Å². The van der Waals surface area contributed by atoms with Crippen molar-refractivity contribution in [2.24, 2.45) is 10.9 Å². The van der Waals surface area contributed by atoms with Crippen LogP contribution in [-0.4, -0.2) is 57.6 Å². The highest BCUT2D eigenvalue weighted by molar-refractivity contribution is 9.10. The van der Waals surface area contributed by atoms with Gasteiger partial charge in [-0.3, -0.25) is 9.69 Å². The van der Waals surface area contributed by atoms with Crippen molar-refractivity contribution < 1.29 is 5.21 Å². The Morgan fingerprint density at radius 1 is 1.48 bits per heavy atom. The van der Waals surface area contributed by atoms with Gasteiger partial charge in [0.2, 0.25) is 0 Å². The van der Waals surface area contributed by atoms with Gasteiger partial charge in [-0.05, 0) is 29.8 Å². The number of oxime groups is 1. The average molecular weight is 359 g/mol. The number of piperazine rings is 1. The highest BCUT2D eigenvalue weighted by atomic mass is 79.9. The fourth-order valence-corrected chi connectivity index (χ4v) is 2.82. The van der Waals surface area contributed by atoms with E-state index in [2.05, 4.69) is 36.0 Å². The van der Waals surface area contributed by atoms with E-state index in [1.165, 1.54) is 6.33 Å². The number of anilines is 1. The Balaban J connectivity index is 2.10. The molecule has 0 amide bonds. The first kappa shape index (κ1) is 15.8. The average Bonchev–Trinajstić information content (AvgIpc) is 2.49. The Hall–Kier alpha value is -1.61. The van der Waals surface area contributed by atoms with Crippen molar-refractivity contribution in [1.82, 2.24) is 14.9 Å². The highest BCUT2D eigenvalue weighted by Gasteiger charge is 2.34. The van der Waals surface area contributed by atoms with Crippen LogP contribution >= 0.6 is 15.9 Å². The van der Waals surface area contributed by atoms with Crippen LogP contribution in [0.4, 0.5) is 5.82 Å². The summed E-state index contributed by atoms with van der Waals surface area (Å²) in [4.78, 5) is 22.5. The monoisotopic (exact) mass is 358 g/mol. The molecule has 0 aromatic carbocycles. The van der Waals surface area contributed by atoms with Gasteiger partial charge in [0.15, 0.2) is 5.84 Å². The maximum Gasteiger partial charge on any atom is 0.267 e. The number of nitrogens with two attached hydrogens (primary N) is 1. The van der Waals surface area contributed by atoms with E-state index in [9.17, 15) is 4.79 Å². The van der Waals surface area contributed by atoms with E-state index in [4.69, 9.17) is 10.9 Å². The third kappa shape index (κ3) is 3.03. The molecule has 0 aliphatic carbocycles. The summed E-state index contributed by atoms with van der Waals surface area (Å²) in [5, 5.41) is 12.0. The lowest BCUT2D eigenvalue weighted by molar-refractivity contribution is 0.161. The molecule has 0 saturated carbocycles. The van der Waals surface area contributed by atoms with Gasteiger partial charge in [0, 0.05) is 26.2 Å². The molecule has 0 unspecified atom stereocenters. The van der Waals surface area contributed by atoms with E-state index in [0.29, 0.717) is 23.4 Å². The number of aromatic amines is 1. The fourth-order valence-electron chi connectivity index (χ4n) is 2.36. The zero-order chi connectivity index (χ0) is 15.6. The second-order valence-corrected chi connectivity index (χ2v) is 6.18. The lowest BCUT2D eigenvalue weighted by Crippen LogP contribution is -2.60. The van der Waals surface area contributed by atoms with Gasteiger partial charge in [-0.25, -0.2) is 4.98 Å². The first-order valence-electron chi connectivity index (χ1n) is 6.59.